The standard InChI is InChI=1S/C17H19N7O/c1-2-3-4-12-15(17(19)25)23-24(14-10-20-7-8-21-14)16(12)13-6-5-11(18)9-22-13/h5-10H,2-4,18H2,1H3,(H2,19,25). The van der Waals surface area contributed by atoms with Crippen molar-refractivity contribution < 1.29 is 4.79 Å². The second-order valence-electron chi connectivity index (χ2n) is 5.60. The molecule has 3 rings (SSSR count). The number of amides is 1. The van der Waals surface area contributed by atoms with Crippen molar-refractivity contribution in [2.24, 2.45) is 5.73 Å². The van der Waals surface area contributed by atoms with Crippen molar-refractivity contribution in [2.45, 2.75) is 26.2 Å². The van der Waals surface area contributed by atoms with Crippen LogP contribution in [-0.2, 0) is 6.42 Å². The van der Waals surface area contributed by atoms with E-state index in [9.17, 15) is 4.79 Å². The number of nitrogen functional groups attached to an aromatic ring is 1. The summed E-state index contributed by atoms with van der Waals surface area (Å²) in [7, 11) is 0. The number of nitrogens with zero attached hydrogens (tertiary/aromatic N) is 5. The number of hydrogen-bond donors (Lipinski definition) is 2. The zero-order chi connectivity index (χ0) is 17.8. The van der Waals surface area contributed by atoms with E-state index in [4.69, 9.17) is 11.5 Å². The van der Waals surface area contributed by atoms with Crippen LogP contribution in [0.4, 0.5) is 5.69 Å². The molecule has 128 valence electrons. The van der Waals surface area contributed by atoms with Crippen molar-refractivity contribution in [1.29, 1.82) is 0 Å². The molecule has 0 radical (unpaired) electrons. The molecule has 0 fully saturated rings. The van der Waals surface area contributed by atoms with Crippen LogP contribution in [-0.4, -0.2) is 30.6 Å². The highest BCUT2D eigenvalue weighted by Gasteiger charge is 2.24. The summed E-state index contributed by atoms with van der Waals surface area (Å²) in [6.45, 7) is 2.08. The highest BCUT2D eigenvalue weighted by atomic mass is 16.1. The van der Waals surface area contributed by atoms with Crippen LogP contribution in [0, 0.1) is 0 Å². The molecule has 0 aromatic carbocycles. The monoisotopic (exact) mass is 337 g/mol. The van der Waals surface area contributed by atoms with Gasteiger partial charge in [0.15, 0.2) is 11.5 Å². The molecule has 0 saturated carbocycles. The van der Waals surface area contributed by atoms with Crippen molar-refractivity contribution in [2.75, 3.05) is 5.73 Å². The van der Waals surface area contributed by atoms with Gasteiger partial charge in [0.25, 0.3) is 5.91 Å². The Hall–Kier alpha value is -3.29. The average molecular weight is 337 g/mol. The van der Waals surface area contributed by atoms with Gasteiger partial charge in [-0.2, -0.15) is 5.10 Å². The fraction of sp³-hybridized carbons (Fsp3) is 0.235. The van der Waals surface area contributed by atoms with Crippen LogP contribution in [0.2, 0.25) is 0 Å². The van der Waals surface area contributed by atoms with Gasteiger partial charge < -0.3 is 11.5 Å². The summed E-state index contributed by atoms with van der Waals surface area (Å²) in [6, 6.07) is 3.54. The summed E-state index contributed by atoms with van der Waals surface area (Å²) >= 11 is 0. The minimum Gasteiger partial charge on any atom is -0.397 e. The summed E-state index contributed by atoms with van der Waals surface area (Å²) < 4.78 is 1.57. The number of aromatic nitrogens is 5. The fourth-order valence-corrected chi connectivity index (χ4v) is 2.61. The molecule has 8 nitrogen and oxygen atoms in total. The van der Waals surface area contributed by atoms with Crippen LogP contribution in [0.15, 0.2) is 36.9 Å². The van der Waals surface area contributed by atoms with Crippen molar-refractivity contribution in [3.63, 3.8) is 0 Å². The molecule has 3 aromatic heterocycles. The molecule has 0 aliphatic carbocycles. The number of anilines is 1. The lowest BCUT2D eigenvalue weighted by atomic mass is 10.0. The first-order valence-electron chi connectivity index (χ1n) is 8.01. The van der Waals surface area contributed by atoms with Gasteiger partial charge in [0.2, 0.25) is 0 Å². The Morgan fingerprint density at radius 3 is 2.64 bits per heavy atom. The Balaban J connectivity index is 2.26. The summed E-state index contributed by atoms with van der Waals surface area (Å²) in [5, 5.41) is 4.40. The van der Waals surface area contributed by atoms with Crippen molar-refractivity contribution in [1.82, 2.24) is 24.7 Å². The number of nitrogens with two attached hydrogens (primary N) is 2. The number of unbranched alkanes of at least 4 members (excludes halogenated alkanes) is 1. The molecular formula is C17H19N7O. The molecular weight excluding hydrogens is 318 g/mol. The Morgan fingerprint density at radius 2 is 2.04 bits per heavy atom. The second-order valence-corrected chi connectivity index (χ2v) is 5.60. The molecule has 8 heteroatoms. The van der Waals surface area contributed by atoms with Gasteiger partial charge in [-0.15, -0.1) is 0 Å². The third-order valence-electron chi connectivity index (χ3n) is 3.79. The highest BCUT2D eigenvalue weighted by molar-refractivity contribution is 5.94. The fourth-order valence-electron chi connectivity index (χ4n) is 2.61. The van der Waals surface area contributed by atoms with Crippen molar-refractivity contribution in [3.05, 3.63) is 48.2 Å². The van der Waals surface area contributed by atoms with E-state index in [0.717, 1.165) is 18.4 Å². The summed E-state index contributed by atoms with van der Waals surface area (Å²) in [5.74, 6) is -0.0909. The molecule has 1 amide bonds. The number of pyridine rings is 1. The maximum atomic E-state index is 11.9. The van der Waals surface area contributed by atoms with E-state index >= 15 is 0 Å². The zero-order valence-electron chi connectivity index (χ0n) is 13.9. The largest absolute Gasteiger partial charge is 0.397 e. The molecule has 0 atom stereocenters. The van der Waals surface area contributed by atoms with Crippen LogP contribution >= 0.6 is 0 Å². The molecule has 3 heterocycles. The van der Waals surface area contributed by atoms with E-state index < -0.39 is 5.91 Å². The molecule has 0 bridgehead atoms. The molecule has 0 saturated heterocycles. The third kappa shape index (κ3) is 3.32. The van der Waals surface area contributed by atoms with E-state index in [-0.39, 0.29) is 5.69 Å². The van der Waals surface area contributed by atoms with Crippen LogP contribution in [0.3, 0.4) is 0 Å². The smallest absolute Gasteiger partial charge is 0.269 e. The predicted octanol–water partition coefficient (Wildman–Crippen LogP) is 1.75. The molecule has 0 aliphatic rings. The van der Waals surface area contributed by atoms with Gasteiger partial charge >= 0.3 is 0 Å². The number of rotatable bonds is 6. The van der Waals surface area contributed by atoms with Crippen LogP contribution < -0.4 is 11.5 Å². The van der Waals surface area contributed by atoms with Crippen molar-refractivity contribution >= 4 is 11.6 Å². The van der Waals surface area contributed by atoms with Gasteiger partial charge in [-0.3, -0.25) is 14.8 Å². The van der Waals surface area contributed by atoms with Gasteiger partial charge in [-0.25, -0.2) is 9.67 Å². The zero-order valence-corrected chi connectivity index (χ0v) is 13.9. The van der Waals surface area contributed by atoms with Crippen LogP contribution in [0.1, 0.15) is 35.8 Å². The Morgan fingerprint density at radius 1 is 1.20 bits per heavy atom. The highest BCUT2D eigenvalue weighted by Crippen LogP contribution is 2.29. The van der Waals surface area contributed by atoms with Crippen LogP contribution in [0.5, 0.6) is 0 Å². The van der Waals surface area contributed by atoms with E-state index in [1.54, 1.807) is 41.6 Å². The number of carbonyl (C=O) groups is 1. The van der Waals surface area contributed by atoms with Gasteiger partial charge in [0.05, 0.1) is 29.5 Å². The second kappa shape index (κ2) is 7.08. The Kier molecular flexibility index (Phi) is 4.69. The van der Waals surface area contributed by atoms with Gasteiger partial charge in [0, 0.05) is 18.0 Å². The first-order valence-corrected chi connectivity index (χ1v) is 8.01. The Bertz CT molecular complexity index is 872. The third-order valence-corrected chi connectivity index (χ3v) is 3.79. The molecule has 4 N–H and O–H groups in total. The van der Waals surface area contributed by atoms with Gasteiger partial charge in [0.1, 0.15) is 0 Å². The van der Waals surface area contributed by atoms with E-state index in [2.05, 4.69) is 27.0 Å². The Labute approximate surface area is 144 Å². The quantitative estimate of drug-likeness (QED) is 0.705. The lowest BCUT2D eigenvalue weighted by Crippen LogP contribution is -2.14. The van der Waals surface area contributed by atoms with E-state index in [1.807, 2.05) is 0 Å². The summed E-state index contributed by atoms with van der Waals surface area (Å²) in [6.07, 6.45) is 8.81. The molecule has 0 unspecified atom stereocenters. The molecule has 0 spiro atoms. The molecule has 3 aromatic rings. The SMILES string of the molecule is CCCCc1c(C(N)=O)nn(-c2cnccn2)c1-c1ccc(N)cn1. The average Bonchev–Trinajstić information content (AvgIpc) is 3.01. The lowest BCUT2D eigenvalue weighted by Gasteiger charge is -2.08. The summed E-state index contributed by atoms with van der Waals surface area (Å²) in [4.78, 5) is 24.7. The lowest BCUT2D eigenvalue weighted by molar-refractivity contribution is 0.0994. The first kappa shape index (κ1) is 16.6. The molecule has 25 heavy (non-hydrogen) atoms. The number of primary amides is 1. The van der Waals surface area contributed by atoms with Gasteiger partial charge in [-0.05, 0) is 25.0 Å². The van der Waals surface area contributed by atoms with Gasteiger partial charge in [-0.1, -0.05) is 13.3 Å². The van der Waals surface area contributed by atoms with Crippen molar-refractivity contribution in [3.8, 4) is 17.2 Å². The van der Waals surface area contributed by atoms with E-state index in [1.165, 1.54) is 0 Å². The first-order chi connectivity index (χ1) is 12.1. The minimum absolute atomic E-state index is 0.229. The summed E-state index contributed by atoms with van der Waals surface area (Å²) in [5.41, 5.74) is 14.2. The number of carbonyl (C=O) groups excluding carboxylic acids is 1. The normalized spacial score (nSPS) is 10.8. The number of hydrogen-bond acceptors (Lipinski definition) is 6. The predicted molar refractivity (Wildman–Crippen MR) is 93.9 cm³/mol. The minimum atomic E-state index is -0.578. The van der Waals surface area contributed by atoms with Crippen LogP contribution in [0.25, 0.3) is 17.2 Å². The topological polar surface area (TPSA) is 126 Å². The van der Waals surface area contributed by atoms with E-state index in [0.29, 0.717) is 29.3 Å². The maximum Gasteiger partial charge on any atom is 0.269 e. The maximum absolute atomic E-state index is 11.9. The molecule has 0 aliphatic heterocycles.